The second-order valence-electron chi connectivity index (χ2n) is 7.29. The van der Waals surface area contributed by atoms with Crippen molar-refractivity contribution in [1.29, 1.82) is 0 Å². The Kier molecular flexibility index (Phi) is 4.39. The Morgan fingerprint density at radius 3 is 1.71 bits per heavy atom. The van der Waals surface area contributed by atoms with E-state index in [0.717, 1.165) is 41.0 Å². The first kappa shape index (κ1) is 19.4. The van der Waals surface area contributed by atoms with E-state index in [-0.39, 0.29) is 22.3 Å². The van der Waals surface area contributed by atoms with Gasteiger partial charge in [0.1, 0.15) is 0 Å². The topological polar surface area (TPSA) is 0 Å². The number of hydrogen-bond donors (Lipinski definition) is 0. The van der Waals surface area contributed by atoms with Gasteiger partial charge in [-0.15, -0.1) is 0 Å². The van der Waals surface area contributed by atoms with Crippen LogP contribution in [-0.2, 0) is 6.42 Å². The van der Waals surface area contributed by atoms with Crippen LogP contribution in [0, 0.1) is 34.9 Å². The molecule has 0 aromatic heterocycles. The highest BCUT2D eigenvalue weighted by atomic mass is 19.2. The number of fused-ring (bicyclic) bond motifs is 3. The minimum Gasteiger partial charge on any atom is -0.204 e. The van der Waals surface area contributed by atoms with Gasteiger partial charge in [-0.05, 0) is 64.1 Å². The predicted octanol–water partition coefficient (Wildman–Crippen LogP) is 7.43. The van der Waals surface area contributed by atoms with E-state index in [9.17, 15) is 26.3 Å². The fraction of sp³-hybridized carbons (Fsp3) is 0.0400. The van der Waals surface area contributed by atoms with Gasteiger partial charge in [0.05, 0.1) is 0 Å². The van der Waals surface area contributed by atoms with Crippen molar-refractivity contribution in [2.45, 2.75) is 6.42 Å². The summed E-state index contributed by atoms with van der Waals surface area (Å²) in [6.07, 6.45) is 0.332. The third-order valence-corrected chi connectivity index (χ3v) is 5.62. The highest BCUT2D eigenvalue weighted by molar-refractivity contribution is 5.94. The molecule has 5 rings (SSSR count). The molecule has 0 spiro atoms. The molecule has 0 N–H and O–H groups in total. The maximum absolute atomic E-state index is 14.8. The van der Waals surface area contributed by atoms with Crippen LogP contribution >= 0.6 is 0 Å². The SMILES string of the molecule is Fc1ccc(-c2ccc3c(c2-c2ccc(F)c(F)c2F)Cc2ccccc2-3)c(F)c1F. The van der Waals surface area contributed by atoms with Crippen molar-refractivity contribution < 1.29 is 26.3 Å². The van der Waals surface area contributed by atoms with Crippen LogP contribution in [0.1, 0.15) is 11.1 Å². The molecule has 0 nitrogen and oxygen atoms in total. The van der Waals surface area contributed by atoms with Crippen molar-refractivity contribution in [3.63, 3.8) is 0 Å². The lowest BCUT2D eigenvalue weighted by molar-refractivity contribution is 0.448. The number of rotatable bonds is 2. The maximum Gasteiger partial charge on any atom is 0.195 e. The monoisotopic (exact) mass is 426 g/mol. The van der Waals surface area contributed by atoms with Gasteiger partial charge in [-0.25, -0.2) is 26.3 Å². The average Bonchev–Trinajstić information content (AvgIpc) is 3.15. The Hall–Kier alpha value is -3.54. The molecule has 0 unspecified atom stereocenters. The molecular formula is C25H12F6. The van der Waals surface area contributed by atoms with Crippen molar-refractivity contribution in [2.24, 2.45) is 0 Å². The minimum atomic E-state index is -1.67. The molecule has 1 aliphatic carbocycles. The van der Waals surface area contributed by atoms with Crippen LogP contribution in [0.25, 0.3) is 33.4 Å². The van der Waals surface area contributed by atoms with Crippen molar-refractivity contribution >= 4 is 0 Å². The van der Waals surface area contributed by atoms with Crippen molar-refractivity contribution in [3.05, 3.63) is 107 Å². The van der Waals surface area contributed by atoms with Gasteiger partial charge in [0, 0.05) is 11.1 Å². The molecule has 0 saturated heterocycles. The predicted molar refractivity (Wildman–Crippen MR) is 105 cm³/mol. The van der Waals surface area contributed by atoms with Crippen molar-refractivity contribution in [2.75, 3.05) is 0 Å². The van der Waals surface area contributed by atoms with E-state index in [1.54, 1.807) is 6.07 Å². The molecule has 1 aliphatic rings. The third-order valence-electron chi connectivity index (χ3n) is 5.62. The Bertz CT molecular complexity index is 1370. The number of halogens is 6. The fourth-order valence-corrected chi connectivity index (χ4v) is 4.20. The molecular weight excluding hydrogens is 414 g/mol. The fourth-order valence-electron chi connectivity index (χ4n) is 4.20. The van der Waals surface area contributed by atoms with E-state index < -0.39 is 34.9 Å². The van der Waals surface area contributed by atoms with Gasteiger partial charge in [0.2, 0.25) is 0 Å². The van der Waals surface area contributed by atoms with Gasteiger partial charge in [-0.3, -0.25) is 0 Å². The van der Waals surface area contributed by atoms with E-state index >= 15 is 0 Å². The lowest BCUT2D eigenvalue weighted by Gasteiger charge is -2.17. The number of hydrogen-bond acceptors (Lipinski definition) is 0. The second kappa shape index (κ2) is 7.01. The Balaban J connectivity index is 1.87. The third kappa shape index (κ3) is 2.86. The van der Waals surface area contributed by atoms with E-state index in [0.29, 0.717) is 12.0 Å². The Morgan fingerprint density at radius 1 is 0.452 bits per heavy atom. The molecule has 0 atom stereocenters. The average molecular weight is 426 g/mol. The molecule has 4 aromatic rings. The van der Waals surface area contributed by atoms with Crippen LogP contribution in [0.4, 0.5) is 26.3 Å². The summed E-state index contributed by atoms with van der Waals surface area (Å²) < 4.78 is 84.6. The zero-order chi connectivity index (χ0) is 21.9. The largest absolute Gasteiger partial charge is 0.204 e. The Labute approximate surface area is 173 Å². The molecule has 31 heavy (non-hydrogen) atoms. The van der Waals surface area contributed by atoms with Gasteiger partial charge in [-0.2, -0.15) is 0 Å². The first-order valence-corrected chi connectivity index (χ1v) is 9.40. The van der Waals surface area contributed by atoms with Gasteiger partial charge in [0.25, 0.3) is 0 Å². The molecule has 6 heteroatoms. The van der Waals surface area contributed by atoms with Gasteiger partial charge < -0.3 is 0 Å². The van der Waals surface area contributed by atoms with Gasteiger partial charge in [0.15, 0.2) is 34.9 Å². The maximum atomic E-state index is 14.8. The first-order chi connectivity index (χ1) is 14.9. The van der Waals surface area contributed by atoms with Crippen LogP contribution in [-0.4, -0.2) is 0 Å². The molecule has 0 heterocycles. The quantitative estimate of drug-likeness (QED) is 0.203. The number of benzene rings is 4. The lowest BCUT2D eigenvalue weighted by atomic mass is 9.87. The van der Waals surface area contributed by atoms with Crippen LogP contribution in [0.2, 0.25) is 0 Å². The summed E-state index contributed by atoms with van der Waals surface area (Å²) in [6.45, 7) is 0. The zero-order valence-electron chi connectivity index (χ0n) is 15.7. The van der Waals surface area contributed by atoms with E-state index in [2.05, 4.69) is 0 Å². The van der Waals surface area contributed by atoms with Crippen LogP contribution in [0.3, 0.4) is 0 Å². The standard InChI is InChI=1S/C25H12F6/c26-19-9-7-16(22(28)24(19)30)15-6-5-14-13-4-2-1-3-12(13)11-18(14)21(15)17-8-10-20(27)25(31)23(17)29/h1-10H,11H2. The van der Waals surface area contributed by atoms with Crippen LogP contribution in [0.15, 0.2) is 60.7 Å². The highest BCUT2D eigenvalue weighted by Gasteiger charge is 2.28. The van der Waals surface area contributed by atoms with Crippen molar-refractivity contribution in [1.82, 2.24) is 0 Å². The molecule has 154 valence electrons. The van der Waals surface area contributed by atoms with Crippen LogP contribution in [0.5, 0.6) is 0 Å². The summed E-state index contributed by atoms with van der Waals surface area (Å²) in [4.78, 5) is 0. The molecule has 0 saturated carbocycles. The summed E-state index contributed by atoms with van der Waals surface area (Å²) in [6, 6.07) is 14.2. The van der Waals surface area contributed by atoms with Crippen LogP contribution < -0.4 is 0 Å². The summed E-state index contributed by atoms with van der Waals surface area (Å²) in [5, 5.41) is 0. The molecule has 0 amide bonds. The summed E-state index contributed by atoms with van der Waals surface area (Å²) in [5.41, 5.74) is 2.64. The summed E-state index contributed by atoms with van der Waals surface area (Å²) in [7, 11) is 0. The normalized spacial score (nSPS) is 12.1. The smallest absolute Gasteiger partial charge is 0.195 e. The summed E-state index contributed by atoms with van der Waals surface area (Å²) in [5.74, 6) is -8.94. The zero-order valence-corrected chi connectivity index (χ0v) is 15.7. The van der Waals surface area contributed by atoms with Crippen molar-refractivity contribution in [3.8, 4) is 33.4 Å². The van der Waals surface area contributed by atoms with E-state index in [4.69, 9.17) is 0 Å². The molecule has 0 aliphatic heterocycles. The molecule has 4 aromatic carbocycles. The first-order valence-electron chi connectivity index (χ1n) is 9.40. The summed E-state index contributed by atoms with van der Waals surface area (Å²) >= 11 is 0. The highest BCUT2D eigenvalue weighted by Crippen LogP contribution is 2.47. The molecule has 0 bridgehead atoms. The van der Waals surface area contributed by atoms with Gasteiger partial charge in [-0.1, -0.05) is 36.4 Å². The molecule has 0 fully saturated rings. The lowest BCUT2D eigenvalue weighted by Crippen LogP contribution is -2.01. The minimum absolute atomic E-state index is 0.0489. The second-order valence-corrected chi connectivity index (χ2v) is 7.29. The van der Waals surface area contributed by atoms with E-state index in [1.165, 1.54) is 6.07 Å². The Morgan fingerprint density at radius 2 is 1.00 bits per heavy atom. The van der Waals surface area contributed by atoms with E-state index in [1.807, 2.05) is 24.3 Å². The van der Waals surface area contributed by atoms with Gasteiger partial charge >= 0.3 is 0 Å². The molecule has 0 radical (unpaired) electrons.